The summed E-state index contributed by atoms with van der Waals surface area (Å²) in [4.78, 5) is 9.63. The molecular formula is C8H9LiO2S. The van der Waals surface area contributed by atoms with Gasteiger partial charge in [0, 0.05) is 0 Å². The van der Waals surface area contributed by atoms with E-state index >= 15 is 0 Å². The van der Waals surface area contributed by atoms with Gasteiger partial charge in [-0.1, -0.05) is 36.8 Å². The summed E-state index contributed by atoms with van der Waals surface area (Å²) in [5, 5.41) is 0. The van der Waals surface area contributed by atoms with E-state index in [1.807, 2.05) is 30.3 Å². The van der Waals surface area contributed by atoms with Gasteiger partial charge in [-0.15, -0.1) is 0 Å². The first-order chi connectivity index (χ1) is 4.93. The van der Waals surface area contributed by atoms with Crippen molar-refractivity contribution in [3.63, 3.8) is 0 Å². The molecule has 2 nitrogen and oxygen atoms in total. The van der Waals surface area contributed by atoms with Crippen LogP contribution in [0.3, 0.4) is 0 Å². The van der Waals surface area contributed by atoms with Crippen molar-refractivity contribution in [2.75, 3.05) is 0 Å². The summed E-state index contributed by atoms with van der Waals surface area (Å²) in [5.41, 5.74) is 0.978. The minimum atomic E-state index is 0. The van der Waals surface area contributed by atoms with Crippen LogP contribution >= 0.6 is 13.5 Å². The van der Waals surface area contributed by atoms with Crippen LogP contribution < -0.4 is 18.9 Å². The molecule has 12 heavy (non-hydrogen) atoms. The molecule has 0 heterocycles. The molecule has 0 saturated heterocycles. The van der Waals surface area contributed by atoms with Crippen molar-refractivity contribution >= 4 is 20.0 Å². The molecule has 0 aromatic heterocycles. The topological polar surface area (TPSA) is 26.3 Å². The van der Waals surface area contributed by atoms with Crippen molar-refractivity contribution in [2.45, 2.75) is 6.61 Å². The van der Waals surface area contributed by atoms with Gasteiger partial charge in [-0.3, -0.25) is 0 Å². The predicted molar refractivity (Wildman–Crippen MR) is 47.3 cm³/mol. The third-order valence-electron chi connectivity index (χ3n) is 1.14. The van der Waals surface area contributed by atoms with Gasteiger partial charge in [-0.25, -0.2) is 0 Å². The molecule has 0 fully saturated rings. The van der Waals surface area contributed by atoms with E-state index in [-0.39, 0.29) is 32.4 Å². The number of rotatable bonds is 3. The molecule has 4 heteroatoms. The Morgan fingerprint density at radius 1 is 1.25 bits per heavy atom. The van der Waals surface area contributed by atoms with Crippen molar-refractivity contribution in [1.29, 1.82) is 0 Å². The van der Waals surface area contributed by atoms with Gasteiger partial charge in [0.1, 0.15) is 0 Å². The molecule has 0 amide bonds. The van der Waals surface area contributed by atoms with Gasteiger partial charge >= 0.3 is 18.9 Å². The molecule has 0 atom stereocenters. The Kier molecular flexibility index (Phi) is 10.3. The maximum Gasteiger partial charge on any atom is 1.00 e. The maximum absolute atomic E-state index is 9.63. The Bertz CT molecular complexity index is 203. The van der Waals surface area contributed by atoms with Crippen LogP contribution in [0.2, 0.25) is 0 Å². The molecule has 0 aliphatic heterocycles. The molecule has 1 rings (SSSR count). The summed E-state index contributed by atoms with van der Waals surface area (Å²) in [5.74, 6) is 0. The standard InChI is InChI=1S/C8H7O2.Li.H2S/c9-7-10-6-8-4-2-1-3-5-8;;/h1-5H,6H2;;1H2/q-1;+1;. The van der Waals surface area contributed by atoms with E-state index in [0.29, 0.717) is 6.61 Å². The molecule has 1 aromatic carbocycles. The van der Waals surface area contributed by atoms with Crippen LogP contribution in [0.5, 0.6) is 0 Å². The van der Waals surface area contributed by atoms with Crippen LogP contribution in [0.15, 0.2) is 30.3 Å². The Hall–Kier alpha value is -0.363. The number of benzene rings is 1. The van der Waals surface area contributed by atoms with E-state index in [1.165, 1.54) is 6.47 Å². The SMILES string of the molecule is O=[C-]OCc1ccccc1.S.[Li+]. The largest absolute Gasteiger partial charge is 1.00 e. The second kappa shape index (κ2) is 8.73. The second-order valence-corrected chi connectivity index (χ2v) is 1.86. The van der Waals surface area contributed by atoms with Gasteiger partial charge in [0.2, 0.25) is 0 Å². The first-order valence-corrected chi connectivity index (χ1v) is 2.96. The monoisotopic (exact) mass is 176 g/mol. The van der Waals surface area contributed by atoms with E-state index in [2.05, 4.69) is 4.74 Å². The second-order valence-electron chi connectivity index (χ2n) is 1.86. The Morgan fingerprint density at radius 3 is 2.33 bits per heavy atom. The van der Waals surface area contributed by atoms with Gasteiger partial charge in [-0.05, 0) is 5.56 Å². The van der Waals surface area contributed by atoms with Crippen molar-refractivity contribution < 1.29 is 28.4 Å². The third-order valence-corrected chi connectivity index (χ3v) is 1.14. The molecule has 0 unspecified atom stereocenters. The molecule has 0 aliphatic rings. The first-order valence-electron chi connectivity index (χ1n) is 2.96. The van der Waals surface area contributed by atoms with Crippen LogP contribution in [0.4, 0.5) is 0 Å². The van der Waals surface area contributed by atoms with Crippen LogP contribution in [0, 0.1) is 0 Å². The molecule has 0 saturated carbocycles. The summed E-state index contributed by atoms with van der Waals surface area (Å²) in [6.45, 7) is 1.68. The Labute approximate surface area is 90.9 Å². The molecule has 0 radical (unpaired) electrons. The molecule has 1 aromatic rings. The first kappa shape index (κ1) is 14.2. The third kappa shape index (κ3) is 5.31. The van der Waals surface area contributed by atoms with Gasteiger partial charge in [0.05, 0.1) is 6.61 Å². The maximum atomic E-state index is 9.63. The number of ether oxygens (including phenoxy) is 1. The Balaban J connectivity index is 0. The predicted octanol–water partition coefficient (Wildman–Crippen LogP) is -1.61. The van der Waals surface area contributed by atoms with Crippen LogP contribution in [0.1, 0.15) is 5.56 Å². The van der Waals surface area contributed by atoms with E-state index < -0.39 is 0 Å². The average molecular weight is 176 g/mol. The minimum Gasteiger partial charge on any atom is -0.650 e. The van der Waals surface area contributed by atoms with Crippen molar-refractivity contribution in [3.05, 3.63) is 35.9 Å². The fourth-order valence-electron chi connectivity index (χ4n) is 0.687. The quantitative estimate of drug-likeness (QED) is 0.409. The zero-order valence-electron chi connectivity index (χ0n) is 6.91. The molecule has 0 N–H and O–H groups in total. The minimum absolute atomic E-state index is 0. The zero-order valence-corrected chi connectivity index (χ0v) is 7.91. The number of carbonyl (C=O) groups excluding carboxylic acids is 1. The summed E-state index contributed by atoms with van der Waals surface area (Å²) in [6, 6.07) is 9.47. The van der Waals surface area contributed by atoms with E-state index in [4.69, 9.17) is 0 Å². The van der Waals surface area contributed by atoms with E-state index in [9.17, 15) is 4.79 Å². The molecule has 0 aliphatic carbocycles. The van der Waals surface area contributed by atoms with Crippen molar-refractivity contribution in [2.24, 2.45) is 0 Å². The fraction of sp³-hybridized carbons (Fsp3) is 0.125. The molecular weight excluding hydrogens is 167 g/mol. The Morgan fingerprint density at radius 2 is 1.83 bits per heavy atom. The van der Waals surface area contributed by atoms with Crippen LogP contribution in [-0.4, -0.2) is 6.47 Å². The smallest absolute Gasteiger partial charge is 0.650 e. The molecule has 0 bridgehead atoms. The summed E-state index contributed by atoms with van der Waals surface area (Å²) < 4.78 is 4.41. The number of hydrogen-bond donors (Lipinski definition) is 0. The van der Waals surface area contributed by atoms with Crippen molar-refractivity contribution in [3.8, 4) is 0 Å². The van der Waals surface area contributed by atoms with E-state index in [1.54, 1.807) is 0 Å². The van der Waals surface area contributed by atoms with Gasteiger partial charge in [0.25, 0.3) is 0 Å². The molecule has 60 valence electrons. The van der Waals surface area contributed by atoms with Crippen molar-refractivity contribution in [1.82, 2.24) is 0 Å². The zero-order chi connectivity index (χ0) is 7.23. The van der Waals surface area contributed by atoms with Crippen LogP contribution in [-0.2, 0) is 16.1 Å². The summed E-state index contributed by atoms with van der Waals surface area (Å²) in [7, 11) is 0. The van der Waals surface area contributed by atoms with E-state index in [0.717, 1.165) is 5.56 Å². The summed E-state index contributed by atoms with van der Waals surface area (Å²) in [6.07, 6.45) is 0. The van der Waals surface area contributed by atoms with Gasteiger partial charge in [0.15, 0.2) is 0 Å². The van der Waals surface area contributed by atoms with Gasteiger partial charge < -0.3 is 9.53 Å². The number of hydrogen-bond acceptors (Lipinski definition) is 2. The molecule has 0 spiro atoms. The average Bonchev–Trinajstić information content (AvgIpc) is 2.03. The fourth-order valence-corrected chi connectivity index (χ4v) is 0.687. The summed E-state index contributed by atoms with van der Waals surface area (Å²) >= 11 is 0. The van der Waals surface area contributed by atoms with Crippen LogP contribution in [0.25, 0.3) is 0 Å². The van der Waals surface area contributed by atoms with Gasteiger partial charge in [-0.2, -0.15) is 13.5 Å². The normalized spacial score (nSPS) is 7.33.